The molecule has 0 bridgehead atoms. The summed E-state index contributed by atoms with van der Waals surface area (Å²) in [6, 6.07) is 2.05. The molecule has 23 heavy (non-hydrogen) atoms. The molecule has 126 valence electrons. The predicted octanol–water partition coefficient (Wildman–Crippen LogP) is 2.50. The van der Waals surface area contributed by atoms with Gasteiger partial charge in [0.1, 0.15) is 0 Å². The molecule has 1 aliphatic rings. The maximum atomic E-state index is 13.1. The third kappa shape index (κ3) is 3.58. The van der Waals surface area contributed by atoms with Gasteiger partial charge in [-0.05, 0) is 25.0 Å². The van der Waals surface area contributed by atoms with Crippen LogP contribution in [0.15, 0.2) is 18.3 Å². The highest BCUT2D eigenvalue weighted by Crippen LogP contribution is 2.36. The highest BCUT2D eigenvalue weighted by atomic mass is 32.2. The Morgan fingerprint density at radius 1 is 1.39 bits per heavy atom. The first-order valence-electron chi connectivity index (χ1n) is 6.91. The molecule has 1 atom stereocenters. The van der Waals surface area contributed by atoms with Crippen LogP contribution in [-0.4, -0.2) is 37.1 Å². The van der Waals surface area contributed by atoms with Gasteiger partial charge >= 0.3 is 6.18 Å². The molecule has 1 saturated heterocycles. The maximum Gasteiger partial charge on any atom is 0.417 e. The molecule has 0 spiro atoms. The summed E-state index contributed by atoms with van der Waals surface area (Å²) in [6.07, 6.45) is -2.58. The van der Waals surface area contributed by atoms with E-state index in [1.54, 1.807) is 0 Å². The first-order chi connectivity index (χ1) is 10.7. The van der Waals surface area contributed by atoms with Crippen molar-refractivity contribution in [2.75, 3.05) is 17.1 Å². The number of anilines is 1. The molecule has 2 aromatic rings. The van der Waals surface area contributed by atoms with Crippen LogP contribution in [0, 0.1) is 0 Å². The summed E-state index contributed by atoms with van der Waals surface area (Å²) >= 11 is 0. The number of hydrogen-bond donors (Lipinski definition) is 2. The number of nitrogens with one attached hydrogen (secondary N) is 2. The summed E-state index contributed by atoms with van der Waals surface area (Å²) in [5, 5.41) is 5.88. The molecule has 2 heterocycles. The van der Waals surface area contributed by atoms with E-state index in [0.717, 1.165) is 18.7 Å². The molecule has 6 nitrogen and oxygen atoms in total. The number of sulfonamides is 1. The molecule has 10 heteroatoms. The number of H-pyrrole nitrogens is 1. The SMILES string of the molecule is O=S(=O)(CC1CCCO1)Nc1cc(C(F)(F)F)c2cn[nH]c2c1. The summed E-state index contributed by atoms with van der Waals surface area (Å²) in [7, 11) is -3.81. The third-order valence-electron chi connectivity index (χ3n) is 3.57. The Bertz CT molecular complexity index is 811. The van der Waals surface area contributed by atoms with Crippen LogP contribution in [0.25, 0.3) is 10.9 Å². The quantitative estimate of drug-likeness (QED) is 0.888. The monoisotopic (exact) mass is 349 g/mol. The van der Waals surface area contributed by atoms with Gasteiger partial charge in [-0.3, -0.25) is 9.82 Å². The van der Waals surface area contributed by atoms with Crippen molar-refractivity contribution < 1.29 is 26.3 Å². The number of nitrogens with zero attached hydrogens (tertiary/aromatic N) is 1. The average Bonchev–Trinajstić information content (AvgIpc) is 3.06. The van der Waals surface area contributed by atoms with Gasteiger partial charge in [-0.25, -0.2) is 8.42 Å². The second kappa shape index (κ2) is 5.68. The zero-order chi connectivity index (χ0) is 16.7. The third-order valence-corrected chi connectivity index (χ3v) is 4.92. The van der Waals surface area contributed by atoms with E-state index in [-0.39, 0.29) is 22.3 Å². The van der Waals surface area contributed by atoms with Gasteiger partial charge in [0.25, 0.3) is 0 Å². The van der Waals surface area contributed by atoms with Crippen molar-refractivity contribution >= 4 is 26.6 Å². The number of rotatable bonds is 4. The molecule has 3 rings (SSSR count). The minimum Gasteiger partial charge on any atom is -0.377 e. The topological polar surface area (TPSA) is 84.1 Å². The van der Waals surface area contributed by atoms with E-state index >= 15 is 0 Å². The van der Waals surface area contributed by atoms with Crippen LogP contribution >= 0.6 is 0 Å². The lowest BCUT2D eigenvalue weighted by molar-refractivity contribution is -0.136. The highest BCUT2D eigenvalue weighted by Gasteiger charge is 2.34. The molecular formula is C13H14F3N3O3S. The molecule has 0 radical (unpaired) electrons. The first-order valence-corrected chi connectivity index (χ1v) is 8.56. The van der Waals surface area contributed by atoms with Crippen LogP contribution in [0.5, 0.6) is 0 Å². The van der Waals surface area contributed by atoms with Gasteiger partial charge < -0.3 is 4.74 Å². The summed E-state index contributed by atoms with van der Waals surface area (Å²) in [6.45, 7) is 0.499. The fourth-order valence-electron chi connectivity index (χ4n) is 2.59. The van der Waals surface area contributed by atoms with Crippen molar-refractivity contribution in [1.29, 1.82) is 0 Å². The Hall–Kier alpha value is -1.81. The van der Waals surface area contributed by atoms with E-state index in [1.165, 1.54) is 6.07 Å². The number of benzene rings is 1. The molecule has 1 aliphatic heterocycles. The summed E-state index contributed by atoms with van der Waals surface area (Å²) < 4.78 is 70.9. The van der Waals surface area contributed by atoms with Crippen molar-refractivity contribution in [3.05, 3.63) is 23.9 Å². The van der Waals surface area contributed by atoms with E-state index in [0.29, 0.717) is 13.0 Å². The molecule has 0 saturated carbocycles. The zero-order valence-corrected chi connectivity index (χ0v) is 12.7. The highest BCUT2D eigenvalue weighted by molar-refractivity contribution is 7.92. The molecule has 1 aromatic heterocycles. The second-order valence-corrected chi connectivity index (χ2v) is 7.14. The van der Waals surface area contributed by atoms with E-state index in [4.69, 9.17) is 4.74 Å². The van der Waals surface area contributed by atoms with Gasteiger partial charge in [0, 0.05) is 12.0 Å². The van der Waals surface area contributed by atoms with Crippen LogP contribution in [0.1, 0.15) is 18.4 Å². The number of halogens is 3. The summed E-state index contributed by atoms with van der Waals surface area (Å²) in [5.41, 5.74) is -1.000. The minimum atomic E-state index is -4.61. The van der Waals surface area contributed by atoms with Crippen molar-refractivity contribution in [3.63, 3.8) is 0 Å². The maximum absolute atomic E-state index is 13.1. The van der Waals surface area contributed by atoms with E-state index in [1.807, 2.05) is 0 Å². The standard InChI is InChI=1S/C13H14F3N3O3S/c14-13(15,16)11-4-8(5-12-10(11)6-17-18-12)19-23(20,21)7-9-2-1-3-22-9/h4-6,9,19H,1-3,7H2,(H,17,18). The molecule has 0 amide bonds. The van der Waals surface area contributed by atoms with Crippen LogP contribution in [0.4, 0.5) is 18.9 Å². The fourth-order valence-corrected chi connectivity index (χ4v) is 3.90. The molecule has 0 aliphatic carbocycles. The molecule has 1 aromatic carbocycles. The van der Waals surface area contributed by atoms with Crippen LogP contribution in [0.3, 0.4) is 0 Å². The predicted molar refractivity (Wildman–Crippen MR) is 77.5 cm³/mol. The molecule has 1 fully saturated rings. The Morgan fingerprint density at radius 2 is 2.17 bits per heavy atom. The van der Waals surface area contributed by atoms with Gasteiger partial charge in [-0.15, -0.1) is 0 Å². The second-order valence-electron chi connectivity index (χ2n) is 5.37. The number of fused-ring (bicyclic) bond motifs is 1. The van der Waals surface area contributed by atoms with Crippen LogP contribution in [-0.2, 0) is 20.9 Å². The lowest BCUT2D eigenvalue weighted by atomic mass is 10.1. The lowest BCUT2D eigenvalue weighted by Crippen LogP contribution is -2.25. The number of aromatic amines is 1. The minimum absolute atomic E-state index is 0.106. The largest absolute Gasteiger partial charge is 0.417 e. The van der Waals surface area contributed by atoms with E-state index in [2.05, 4.69) is 14.9 Å². The van der Waals surface area contributed by atoms with Crippen molar-refractivity contribution in [1.82, 2.24) is 10.2 Å². The number of alkyl halides is 3. The van der Waals surface area contributed by atoms with Crippen LogP contribution < -0.4 is 4.72 Å². The summed E-state index contributed by atoms with van der Waals surface area (Å²) in [4.78, 5) is 0. The number of aromatic nitrogens is 2. The van der Waals surface area contributed by atoms with Gasteiger partial charge in [-0.1, -0.05) is 0 Å². The first kappa shape index (κ1) is 16.1. The van der Waals surface area contributed by atoms with Gasteiger partial charge in [0.2, 0.25) is 10.0 Å². The number of hydrogen-bond acceptors (Lipinski definition) is 4. The van der Waals surface area contributed by atoms with Crippen molar-refractivity contribution in [2.24, 2.45) is 0 Å². The molecule has 2 N–H and O–H groups in total. The Kier molecular flexibility index (Phi) is 3.96. The fraction of sp³-hybridized carbons (Fsp3) is 0.462. The molecular weight excluding hydrogens is 335 g/mol. The lowest BCUT2D eigenvalue weighted by Gasteiger charge is -2.14. The normalized spacial score (nSPS) is 19.3. The Balaban J connectivity index is 1.90. The number of ether oxygens (including phenoxy) is 1. The van der Waals surface area contributed by atoms with Crippen LogP contribution in [0.2, 0.25) is 0 Å². The Morgan fingerprint density at radius 3 is 2.83 bits per heavy atom. The average molecular weight is 349 g/mol. The smallest absolute Gasteiger partial charge is 0.377 e. The zero-order valence-electron chi connectivity index (χ0n) is 11.9. The Labute approximate surface area is 130 Å². The summed E-state index contributed by atoms with van der Waals surface area (Å²) in [5.74, 6) is -0.282. The molecule has 1 unspecified atom stereocenters. The van der Waals surface area contributed by atoms with Gasteiger partial charge in [0.15, 0.2) is 0 Å². The van der Waals surface area contributed by atoms with Crippen molar-refractivity contribution in [3.8, 4) is 0 Å². The van der Waals surface area contributed by atoms with Crippen molar-refractivity contribution in [2.45, 2.75) is 25.1 Å². The van der Waals surface area contributed by atoms with E-state index < -0.39 is 27.9 Å². The van der Waals surface area contributed by atoms with E-state index in [9.17, 15) is 21.6 Å². The van der Waals surface area contributed by atoms with Gasteiger partial charge in [-0.2, -0.15) is 18.3 Å². The van der Waals surface area contributed by atoms with Gasteiger partial charge in [0.05, 0.1) is 34.8 Å².